The summed E-state index contributed by atoms with van der Waals surface area (Å²) in [4.78, 5) is 0. The van der Waals surface area contributed by atoms with Gasteiger partial charge in [-0.1, -0.05) is 17.9 Å². The molecule has 0 aliphatic rings. The lowest BCUT2D eigenvalue weighted by molar-refractivity contribution is 1.74. The highest BCUT2D eigenvalue weighted by Gasteiger charge is 1.94. The maximum absolute atomic E-state index is 5.48. The molecule has 0 unspecified atom stereocenters. The summed E-state index contributed by atoms with van der Waals surface area (Å²) in [6.07, 6.45) is 0. The Kier molecular flexibility index (Phi) is 2.54. The molecule has 0 fully saturated rings. The second-order valence-electron chi connectivity index (χ2n) is 2.61. The Bertz CT molecular complexity index is 473. The van der Waals surface area contributed by atoms with E-state index in [-0.39, 0.29) is 0 Å². The third kappa shape index (κ3) is 1.85. The van der Waals surface area contributed by atoms with Crippen LogP contribution in [0.15, 0.2) is 29.6 Å². The molecule has 2 heteroatoms. The molecule has 0 saturated carbocycles. The fourth-order valence-electron chi connectivity index (χ4n) is 1.17. The molecule has 2 aromatic rings. The molecule has 0 nitrogen and oxygen atoms in total. The molecule has 0 radical (unpaired) electrons. The number of alkyl halides is 1. The van der Waals surface area contributed by atoms with E-state index in [4.69, 9.17) is 11.6 Å². The van der Waals surface area contributed by atoms with Gasteiger partial charge in [0.25, 0.3) is 0 Å². The van der Waals surface area contributed by atoms with Crippen molar-refractivity contribution in [2.75, 3.05) is 5.88 Å². The number of halogens is 1. The van der Waals surface area contributed by atoms with Crippen molar-refractivity contribution < 1.29 is 0 Å². The van der Waals surface area contributed by atoms with Gasteiger partial charge in [0.1, 0.15) is 0 Å². The summed E-state index contributed by atoms with van der Waals surface area (Å²) in [5.41, 5.74) is 1.04. The number of hydrogen-bond donors (Lipinski definition) is 0. The van der Waals surface area contributed by atoms with Gasteiger partial charge in [0.05, 0.1) is 5.88 Å². The molecule has 0 aliphatic heterocycles. The quantitative estimate of drug-likeness (QED) is 0.457. The molecule has 0 aliphatic carbocycles. The predicted octanol–water partition coefficient (Wildman–Crippen LogP) is 3.49. The van der Waals surface area contributed by atoms with Gasteiger partial charge in [0.15, 0.2) is 0 Å². The summed E-state index contributed by atoms with van der Waals surface area (Å²) in [7, 11) is 0. The van der Waals surface area contributed by atoms with Gasteiger partial charge in [-0.3, -0.25) is 0 Å². The molecule has 1 heterocycles. The van der Waals surface area contributed by atoms with Crippen molar-refractivity contribution in [3.63, 3.8) is 0 Å². The smallest absolute Gasteiger partial charge is 0.0839 e. The van der Waals surface area contributed by atoms with Crippen molar-refractivity contribution in [3.8, 4) is 11.8 Å². The van der Waals surface area contributed by atoms with E-state index >= 15 is 0 Å². The zero-order valence-electron chi connectivity index (χ0n) is 6.88. The third-order valence-electron chi connectivity index (χ3n) is 1.76. The molecular formula is C11H7ClS. The van der Waals surface area contributed by atoms with E-state index in [0.717, 1.165) is 5.56 Å². The maximum Gasteiger partial charge on any atom is 0.0839 e. The minimum Gasteiger partial charge on any atom is -0.144 e. The number of rotatable bonds is 0. The Labute approximate surface area is 86.2 Å². The Morgan fingerprint density at radius 2 is 2.23 bits per heavy atom. The second kappa shape index (κ2) is 3.83. The van der Waals surface area contributed by atoms with E-state index in [1.54, 1.807) is 11.3 Å². The van der Waals surface area contributed by atoms with E-state index in [0.29, 0.717) is 5.88 Å². The van der Waals surface area contributed by atoms with Crippen LogP contribution < -0.4 is 0 Å². The van der Waals surface area contributed by atoms with E-state index < -0.39 is 0 Å². The van der Waals surface area contributed by atoms with Gasteiger partial charge in [-0.2, -0.15) is 0 Å². The van der Waals surface area contributed by atoms with Crippen molar-refractivity contribution >= 4 is 33.0 Å². The van der Waals surface area contributed by atoms with E-state index in [2.05, 4.69) is 35.4 Å². The summed E-state index contributed by atoms with van der Waals surface area (Å²) < 4.78 is 1.28. The zero-order valence-corrected chi connectivity index (χ0v) is 8.45. The van der Waals surface area contributed by atoms with Crippen LogP contribution in [0.5, 0.6) is 0 Å². The Hall–Kier alpha value is -0.970. The predicted molar refractivity (Wildman–Crippen MR) is 59.4 cm³/mol. The minimum atomic E-state index is 0.391. The summed E-state index contributed by atoms with van der Waals surface area (Å²) >= 11 is 7.21. The lowest BCUT2D eigenvalue weighted by Gasteiger charge is -1.90. The Balaban J connectivity index is 2.48. The lowest BCUT2D eigenvalue weighted by Crippen LogP contribution is -1.72. The average molecular weight is 207 g/mol. The first-order chi connectivity index (χ1) is 6.40. The second-order valence-corrected chi connectivity index (χ2v) is 3.82. The molecule has 0 N–H and O–H groups in total. The fourth-order valence-corrected chi connectivity index (χ4v) is 2.06. The first-order valence-corrected chi connectivity index (χ1v) is 5.33. The first kappa shape index (κ1) is 8.62. The average Bonchev–Trinajstić information content (AvgIpc) is 2.61. The molecule has 2 rings (SSSR count). The summed E-state index contributed by atoms with van der Waals surface area (Å²) in [6.45, 7) is 0. The van der Waals surface area contributed by atoms with Crippen molar-refractivity contribution in [1.82, 2.24) is 0 Å². The van der Waals surface area contributed by atoms with Crippen LogP contribution in [0.25, 0.3) is 10.1 Å². The van der Waals surface area contributed by atoms with E-state index in [1.165, 1.54) is 10.1 Å². The van der Waals surface area contributed by atoms with Gasteiger partial charge in [-0.05, 0) is 29.0 Å². The van der Waals surface area contributed by atoms with E-state index in [9.17, 15) is 0 Å². The summed E-state index contributed by atoms with van der Waals surface area (Å²) in [5.74, 6) is 6.23. The molecule has 0 spiro atoms. The SMILES string of the molecule is ClCC#Cc1ccc2ccsc2c1. The monoisotopic (exact) mass is 206 g/mol. The van der Waals surface area contributed by atoms with Crippen molar-refractivity contribution in [2.24, 2.45) is 0 Å². The zero-order chi connectivity index (χ0) is 9.10. The Morgan fingerprint density at radius 3 is 3.08 bits per heavy atom. The van der Waals surface area contributed by atoms with Crippen LogP contribution >= 0.6 is 22.9 Å². The largest absolute Gasteiger partial charge is 0.144 e. The van der Waals surface area contributed by atoms with Crippen molar-refractivity contribution in [3.05, 3.63) is 35.2 Å². The molecular weight excluding hydrogens is 200 g/mol. The number of thiophene rings is 1. The van der Waals surface area contributed by atoms with Crippen molar-refractivity contribution in [1.29, 1.82) is 0 Å². The lowest BCUT2D eigenvalue weighted by atomic mass is 10.2. The standard InChI is InChI=1S/C11H7ClS/c12-6-1-2-9-3-4-10-5-7-13-11(10)8-9/h3-5,7-8H,6H2. The fraction of sp³-hybridized carbons (Fsp3) is 0.0909. The van der Waals surface area contributed by atoms with Gasteiger partial charge in [0, 0.05) is 10.3 Å². The van der Waals surface area contributed by atoms with Gasteiger partial charge in [-0.15, -0.1) is 22.9 Å². The van der Waals surface area contributed by atoms with Gasteiger partial charge in [0.2, 0.25) is 0 Å². The Morgan fingerprint density at radius 1 is 1.31 bits per heavy atom. The molecule has 0 atom stereocenters. The van der Waals surface area contributed by atoms with Crippen LogP contribution in [0.4, 0.5) is 0 Å². The van der Waals surface area contributed by atoms with Crippen LogP contribution in [-0.4, -0.2) is 5.88 Å². The number of fused-ring (bicyclic) bond motifs is 1. The summed E-state index contributed by atoms with van der Waals surface area (Å²) in [5, 5.41) is 3.37. The van der Waals surface area contributed by atoms with Gasteiger partial charge >= 0.3 is 0 Å². The molecule has 1 aromatic carbocycles. The summed E-state index contributed by atoms with van der Waals surface area (Å²) in [6, 6.07) is 8.32. The van der Waals surface area contributed by atoms with Crippen LogP contribution in [0.3, 0.4) is 0 Å². The first-order valence-electron chi connectivity index (χ1n) is 3.92. The topological polar surface area (TPSA) is 0 Å². The number of benzene rings is 1. The molecule has 13 heavy (non-hydrogen) atoms. The van der Waals surface area contributed by atoms with Crippen LogP contribution in [-0.2, 0) is 0 Å². The molecule has 0 saturated heterocycles. The van der Waals surface area contributed by atoms with Gasteiger partial charge < -0.3 is 0 Å². The third-order valence-corrected chi connectivity index (χ3v) is 2.77. The highest BCUT2D eigenvalue weighted by molar-refractivity contribution is 7.17. The maximum atomic E-state index is 5.48. The van der Waals surface area contributed by atoms with E-state index in [1.807, 2.05) is 6.07 Å². The van der Waals surface area contributed by atoms with Gasteiger partial charge in [-0.25, -0.2) is 0 Å². The molecule has 0 bridgehead atoms. The molecule has 0 amide bonds. The molecule has 1 aromatic heterocycles. The van der Waals surface area contributed by atoms with Crippen LogP contribution in [0.2, 0.25) is 0 Å². The molecule has 64 valence electrons. The van der Waals surface area contributed by atoms with Crippen LogP contribution in [0, 0.1) is 11.8 Å². The van der Waals surface area contributed by atoms with Crippen LogP contribution in [0.1, 0.15) is 5.56 Å². The highest BCUT2D eigenvalue weighted by Crippen LogP contribution is 2.21. The minimum absolute atomic E-state index is 0.391. The highest BCUT2D eigenvalue weighted by atomic mass is 35.5. The normalized spacial score (nSPS) is 9.62. The number of hydrogen-bond acceptors (Lipinski definition) is 1. The van der Waals surface area contributed by atoms with Crippen molar-refractivity contribution in [2.45, 2.75) is 0 Å².